The first-order valence-electron chi connectivity index (χ1n) is 6.69. The van der Waals surface area contributed by atoms with E-state index in [1.165, 1.54) is 12.5 Å². The maximum atomic E-state index is 12.4. The summed E-state index contributed by atoms with van der Waals surface area (Å²) in [5, 5.41) is 11.0. The molecule has 1 fully saturated rings. The molecule has 19 heavy (non-hydrogen) atoms. The fraction of sp³-hybridized carbons (Fsp3) is 0.467. The van der Waals surface area contributed by atoms with Gasteiger partial charge in [0.2, 0.25) is 0 Å². The van der Waals surface area contributed by atoms with Gasteiger partial charge >= 0.3 is 0 Å². The summed E-state index contributed by atoms with van der Waals surface area (Å²) in [5.74, 6) is -1.53. The topological polar surface area (TPSA) is 60.4 Å². The Morgan fingerprint density at radius 3 is 2.26 bits per heavy atom. The van der Waals surface area contributed by atoms with Crippen LogP contribution in [0.1, 0.15) is 52.8 Å². The number of hydrogen-bond donors (Lipinski definition) is 0. The minimum atomic E-state index is -1.30. The average Bonchev–Trinajstić information content (AvgIpc) is 2.46. The number of aromatic carboxylic acids is 1. The lowest BCUT2D eigenvalue weighted by atomic mass is 9.94. The number of hydrogen-bond acceptors (Lipinski definition) is 3. The maximum Gasteiger partial charge on any atom is 0.254 e. The zero-order chi connectivity index (χ0) is 13.8. The van der Waals surface area contributed by atoms with Gasteiger partial charge in [0.05, 0.1) is 5.97 Å². The Kier molecular flexibility index (Phi) is 4.20. The van der Waals surface area contributed by atoms with Crippen LogP contribution in [0.4, 0.5) is 0 Å². The minimum absolute atomic E-state index is 0.0323. The molecule has 0 aliphatic heterocycles. The number of amides is 1. The van der Waals surface area contributed by atoms with Gasteiger partial charge in [0, 0.05) is 24.2 Å². The van der Waals surface area contributed by atoms with Crippen molar-refractivity contribution >= 4 is 11.9 Å². The molecule has 0 aromatic heterocycles. The Morgan fingerprint density at radius 1 is 1.11 bits per heavy atom. The monoisotopic (exact) mass is 260 g/mol. The molecule has 0 N–H and O–H groups in total. The molecule has 102 valence electrons. The lowest BCUT2D eigenvalue weighted by Gasteiger charge is -2.31. The second kappa shape index (κ2) is 5.87. The van der Waals surface area contributed by atoms with Gasteiger partial charge in [-0.15, -0.1) is 0 Å². The zero-order valence-corrected chi connectivity index (χ0v) is 11.1. The molecule has 0 radical (unpaired) electrons. The first kappa shape index (κ1) is 13.6. The van der Waals surface area contributed by atoms with Crippen LogP contribution in [0.15, 0.2) is 24.3 Å². The van der Waals surface area contributed by atoms with Gasteiger partial charge in [0.25, 0.3) is 5.91 Å². The largest absolute Gasteiger partial charge is 0.545 e. The van der Waals surface area contributed by atoms with Gasteiger partial charge in [0.15, 0.2) is 0 Å². The number of rotatable bonds is 3. The summed E-state index contributed by atoms with van der Waals surface area (Å²) >= 11 is 0. The van der Waals surface area contributed by atoms with Gasteiger partial charge in [-0.05, 0) is 18.9 Å². The van der Waals surface area contributed by atoms with Crippen molar-refractivity contribution in [2.75, 3.05) is 7.05 Å². The van der Waals surface area contributed by atoms with E-state index in [0.717, 1.165) is 25.7 Å². The van der Waals surface area contributed by atoms with Crippen LogP contribution in [0.25, 0.3) is 0 Å². The van der Waals surface area contributed by atoms with Crippen molar-refractivity contribution in [1.29, 1.82) is 0 Å². The molecule has 2 rings (SSSR count). The van der Waals surface area contributed by atoms with Crippen LogP contribution in [0.5, 0.6) is 0 Å². The van der Waals surface area contributed by atoms with E-state index in [9.17, 15) is 14.7 Å². The fourth-order valence-electron chi connectivity index (χ4n) is 2.67. The quantitative estimate of drug-likeness (QED) is 0.826. The summed E-state index contributed by atoms with van der Waals surface area (Å²) in [5.41, 5.74) is 0.186. The highest BCUT2D eigenvalue weighted by Gasteiger charge is 2.24. The van der Waals surface area contributed by atoms with Crippen LogP contribution < -0.4 is 5.11 Å². The first-order valence-corrected chi connectivity index (χ1v) is 6.69. The molecule has 0 atom stereocenters. The van der Waals surface area contributed by atoms with Crippen molar-refractivity contribution in [3.63, 3.8) is 0 Å². The van der Waals surface area contributed by atoms with E-state index in [1.807, 2.05) is 0 Å². The molecule has 1 saturated carbocycles. The Balaban J connectivity index is 2.21. The van der Waals surface area contributed by atoms with E-state index in [4.69, 9.17) is 0 Å². The number of carbonyl (C=O) groups excluding carboxylic acids is 2. The molecular formula is C15H18NO3-. The van der Waals surface area contributed by atoms with Crippen LogP contribution in [0, 0.1) is 0 Å². The summed E-state index contributed by atoms with van der Waals surface area (Å²) in [6.07, 6.45) is 5.47. The number of benzene rings is 1. The van der Waals surface area contributed by atoms with Crippen LogP contribution in [-0.2, 0) is 0 Å². The maximum absolute atomic E-state index is 12.4. The summed E-state index contributed by atoms with van der Waals surface area (Å²) < 4.78 is 0. The molecule has 1 aliphatic rings. The summed E-state index contributed by atoms with van der Waals surface area (Å²) in [6.45, 7) is 0. The second-order valence-corrected chi connectivity index (χ2v) is 5.04. The Labute approximate surface area is 113 Å². The van der Waals surface area contributed by atoms with Crippen molar-refractivity contribution < 1.29 is 14.7 Å². The Morgan fingerprint density at radius 2 is 1.68 bits per heavy atom. The Bertz CT molecular complexity index is 478. The minimum Gasteiger partial charge on any atom is -0.545 e. The molecule has 1 aromatic carbocycles. The molecule has 0 spiro atoms. The van der Waals surface area contributed by atoms with Crippen molar-refractivity contribution in [1.82, 2.24) is 4.90 Å². The van der Waals surface area contributed by atoms with Crippen LogP contribution in [-0.4, -0.2) is 29.9 Å². The summed E-state index contributed by atoms with van der Waals surface area (Å²) in [4.78, 5) is 25.1. The predicted octanol–water partition coefficient (Wildman–Crippen LogP) is 1.45. The number of carboxylic acid groups (broad SMARTS) is 1. The van der Waals surface area contributed by atoms with Gasteiger partial charge < -0.3 is 14.8 Å². The molecule has 1 aromatic rings. The van der Waals surface area contributed by atoms with E-state index in [0.29, 0.717) is 0 Å². The SMILES string of the molecule is CN(C(=O)c1ccccc1C(=O)[O-])C1CCCCC1. The highest BCUT2D eigenvalue weighted by molar-refractivity contribution is 6.04. The third-order valence-electron chi connectivity index (χ3n) is 3.82. The highest BCUT2D eigenvalue weighted by atomic mass is 16.4. The third kappa shape index (κ3) is 2.95. The predicted molar refractivity (Wildman–Crippen MR) is 69.7 cm³/mol. The van der Waals surface area contributed by atoms with E-state index >= 15 is 0 Å². The van der Waals surface area contributed by atoms with Crippen LogP contribution >= 0.6 is 0 Å². The molecular weight excluding hydrogens is 242 g/mol. The molecule has 0 heterocycles. The second-order valence-electron chi connectivity index (χ2n) is 5.04. The van der Waals surface area contributed by atoms with Crippen molar-refractivity contribution in [3.05, 3.63) is 35.4 Å². The highest BCUT2D eigenvalue weighted by Crippen LogP contribution is 2.23. The van der Waals surface area contributed by atoms with E-state index in [1.54, 1.807) is 30.1 Å². The zero-order valence-electron chi connectivity index (χ0n) is 11.1. The van der Waals surface area contributed by atoms with E-state index in [-0.39, 0.29) is 23.1 Å². The first-order chi connectivity index (χ1) is 9.11. The molecule has 4 heteroatoms. The van der Waals surface area contributed by atoms with Gasteiger partial charge in [0.1, 0.15) is 0 Å². The van der Waals surface area contributed by atoms with Gasteiger partial charge in [-0.25, -0.2) is 0 Å². The number of carboxylic acids is 1. The molecule has 1 aliphatic carbocycles. The normalized spacial score (nSPS) is 16.1. The molecule has 0 saturated heterocycles. The third-order valence-corrected chi connectivity index (χ3v) is 3.82. The molecule has 0 bridgehead atoms. The molecule has 1 amide bonds. The fourth-order valence-corrected chi connectivity index (χ4v) is 2.67. The van der Waals surface area contributed by atoms with E-state index in [2.05, 4.69) is 0 Å². The van der Waals surface area contributed by atoms with Gasteiger partial charge in [-0.2, -0.15) is 0 Å². The Hall–Kier alpha value is -1.84. The lowest BCUT2D eigenvalue weighted by Crippen LogP contribution is -2.39. The van der Waals surface area contributed by atoms with Crippen LogP contribution in [0.3, 0.4) is 0 Å². The molecule has 0 unspecified atom stereocenters. The molecule has 4 nitrogen and oxygen atoms in total. The average molecular weight is 260 g/mol. The summed E-state index contributed by atoms with van der Waals surface area (Å²) in [6, 6.07) is 6.46. The standard InChI is InChI=1S/C15H19NO3/c1-16(11-7-3-2-4-8-11)14(17)12-9-5-6-10-13(12)15(18)19/h5-6,9-11H,2-4,7-8H2,1H3,(H,18,19)/p-1. The van der Waals surface area contributed by atoms with Crippen molar-refractivity contribution in [2.24, 2.45) is 0 Å². The number of carbonyl (C=O) groups is 2. The van der Waals surface area contributed by atoms with Crippen LogP contribution in [0.2, 0.25) is 0 Å². The lowest BCUT2D eigenvalue weighted by molar-refractivity contribution is -0.255. The van der Waals surface area contributed by atoms with Gasteiger partial charge in [-0.1, -0.05) is 37.5 Å². The smallest absolute Gasteiger partial charge is 0.254 e. The van der Waals surface area contributed by atoms with Crippen molar-refractivity contribution in [3.8, 4) is 0 Å². The summed E-state index contributed by atoms with van der Waals surface area (Å²) in [7, 11) is 1.75. The van der Waals surface area contributed by atoms with Gasteiger partial charge in [-0.3, -0.25) is 4.79 Å². The van der Waals surface area contributed by atoms with Crippen molar-refractivity contribution in [2.45, 2.75) is 38.1 Å². The number of nitrogens with zero attached hydrogens (tertiary/aromatic N) is 1. The van der Waals surface area contributed by atoms with E-state index < -0.39 is 5.97 Å².